The molecule has 1 aromatic carbocycles. The van der Waals surface area contributed by atoms with Crippen molar-refractivity contribution in [1.29, 1.82) is 0 Å². The van der Waals surface area contributed by atoms with Gasteiger partial charge in [0.2, 0.25) is 0 Å². The Hall–Kier alpha value is -2.10. The number of rotatable bonds is 2. The van der Waals surface area contributed by atoms with E-state index < -0.39 is 0 Å². The van der Waals surface area contributed by atoms with E-state index >= 15 is 0 Å². The molecule has 0 saturated carbocycles. The fourth-order valence-corrected chi connectivity index (χ4v) is 1.60. The van der Waals surface area contributed by atoms with Crippen molar-refractivity contribution in [2.24, 2.45) is 0 Å². The molecule has 88 valence electrons. The van der Waals surface area contributed by atoms with E-state index in [-0.39, 0.29) is 0 Å². The summed E-state index contributed by atoms with van der Waals surface area (Å²) in [5.41, 5.74) is 8.52. The molecule has 1 heterocycles. The van der Waals surface area contributed by atoms with Gasteiger partial charge in [-0.1, -0.05) is 12.1 Å². The smallest absolute Gasteiger partial charge is 0.165 e. The predicted molar refractivity (Wildman–Crippen MR) is 67.9 cm³/mol. The highest BCUT2D eigenvalue weighted by Gasteiger charge is 2.11. The Morgan fingerprint density at radius 2 is 1.82 bits per heavy atom. The fourth-order valence-electron chi connectivity index (χ4n) is 1.60. The summed E-state index contributed by atoms with van der Waals surface area (Å²) < 4.78 is 5.29. The Balaban J connectivity index is 2.61. The Labute approximate surface area is 100 Å². The van der Waals surface area contributed by atoms with Crippen LogP contribution in [-0.2, 0) is 0 Å². The second-order valence-corrected chi connectivity index (χ2v) is 3.84. The van der Waals surface area contributed by atoms with Gasteiger partial charge in [-0.25, -0.2) is 9.97 Å². The summed E-state index contributed by atoms with van der Waals surface area (Å²) in [6.45, 7) is 3.84. The molecule has 0 aliphatic carbocycles. The zero-order valence-electron chi connectivity index (χ0n) is 10.2. The summed E-state index contributed by atoms with van der Waals surface area (Å²) in [4.78, 5) is 8.74. The van der Waals surface area contributed by atoms with Gasteiger partial charge in [-0.3, -0.25) is 0 Å². The molecule has 0 atom stereocenters. The normalized spacial score (nSPS) is 10.3. The third-order valence-electron chi connectivity index (χ3n) is 2.77. The minimum atomic E-state index is 0.512. The molecule has 0 spiro atoms. The molecule has 4 heteroatoms. The van der Waals surface area contributed by atoms with Crippen molar-refractivity contribution >= 4 is 5.82 Å². The van der Waals surface area contributed by atoms with E-state index in [1.807, 2.05) is 38.1 Å². The highest BCUT2D eigenvalue weighted by Crippen LogP contribution is 2.28. The van der Waals surface area contributed by atoms with Gasteiger partial charge in [0.1, 0.15) is 11.6 Å². The molecule has 0 unspecified atom stereocenters. The number of nitrogens with zero attached hydrogens (tertiary/aromatic N) is 2. The first-order valence-electron chi connectivity index (χ1n) is 5.37. The Morgan fingerprint density at radius 3 is 2.47 bits per heavy atom. The average Bonchev–Trinajstić information content (AvgIpc) is 2.35. The molecule has 2 rings (SSSR count). The number of nitrogens with two attached hydrogens (primary N) is 1. The number of para-hydroxylation sites is 1. The molecular weight excluding hydrogens is 214 g/mol. The molecule has 0 saturated heterocycles. The SMILES string of the molecule is COc1ccccc1-c1nc(C)c(C)c(N)n1. The molecule has 17 heavy (non-hydrogen) atoms. The standard InChI is InChI=1S/C13H15N3O/c1-8-9(2)15-13(16-12(8)14)10-6-4-5-7-11(10)17-3/h4-7H,1-3H3,(H2,14,15,16). The van der Waals surface area contributed by atoms with Gasteiger partial charge in [0.05, 0.1) is 12.7 Å². The van der Waals surface area contributed by atoms with Crippen LogP contribution in [0.25, 0.3) is 11.4 Å². The number of methoxy groups -OCH3 is 1. The monoisotopic (exact) mass is 229 g/mol. The van der Waals surface area contributed by atoms with Gasteiger partial charge < -0.3 is 10.5 Å². The zero-order chi connectivity index (χ0) is 12.4. The number of hydrogen-bond acceptors (Lipinski definition) is 4. The summed E-state index contributed by atoms with van der Waals surface area (Å²) in [6.07, 6.45) is 0. The molecule has 0 aliphatic rings. The van der Waals surface area contributed by atoms with Gasteiger partial charge in [0.25, 0.3) is 0 Å². The van der Waals surface area contributed by atoms with Crippen molar-refractivity contribution in [3.05, 3.63) is 35.5 Å². The molecular formula is C13H15N3O. The first-order valence-corrected chi connectivity index (χ1v) is 5.37. The van der Waals surface area contributed by atoms with Crippen molar-refractivity contribution in [3.63, 3.8) is 0 Å². The van der Waals surface area contributed by atoms with Crippen LogP contribution in [0.4, 0.5) is 5.82 Å². The zero-order valence-corrected chi connectivity index (χ0v) is 10.2. The number of ether oxygens (including phenoxy) is 1. The number of aryl methyl sites for hydroxylation is 1. The maximum Gasteiger partial charge on any atom is 0.165 e. The summed E-state index contributed by atoms with van der Waals surface area (Å²) in [5, 5.41) is 0. The predicted octanol–water partition coefficient (Wildman–Crippen LogP) is 2.35. The van der Waals surface area contributed by atoms with E-state index in [1.165, 1.54) is 0 Å². The highest BCUT2D eigenvalue weighted by atomic mass is 16.5. The third kappa shape index (κ3) is 2.06. The van der Waals surface area contributed by atoms with E-state index in [4.69, 9.17) is 10.5 Å². The number of aromatic nitrogens is 2. The Morgan fingerprint density at radius 1 is 1.12 bits per heavy atom. The molecule has 0 bridgehead atoms. The van der Waals surface area contributed by atoms with E-state index in [2.05, 4.69) is 9.97 Å². The summed E-state index contributed by atoms with van der Waals surface area (Å²) in [6, 6.07) is 7.63. The van der Waals surface area contributed by atoms with Gasteiger partial charge in [-0.15, -0.1) is 0 Å². The van der Waals surface area contributed by atoms with Crippen molar-refractivity contribution in [2.45, 2.75) is 13.8 Å². The van der Waals surface area contributed by atoms with Crippen LogP contribution in [0.2, 0.25) is 0 Å². The molecule has 0 aliphatic heterocycles. The molecule has 4 nitrogen and oxygen atoms in total. The van der Waals surface area contributed by atoms with Crippen LogP contribution in [-0.4, -0.2) is 17.1 Å². The summed E-state index contributed by atoms with van der Waals surface area (Å²) in [7, 11) is 1.63. The second-order valence-electron chi connectivity index (χ2n) is 3.84. The quantitative estimate of drug-likeness (QED) is 0.858. The second kappa shape index (κ2) is 4.41. The average molecular weight is 229 g/mol. The summed E-state index contributed by atoms with van der Waals surface area (Å²) in [5.74, 6) is 1.86. The number of hydrogen-bond donors (Lipinski definition) is 1. The van der Waals surface area contributed by atoms with E-state index in [1.54, 1.807) is 7.11 Å². The van der Waals surface area contributed by atoms with Crippen LogP contribution in [0.3, 0.4) is 0 Å². The minimum Gasteiger partial charge on any atom is -0.496 e. The molecule has 0 radical (unpaired) electrons. The lowest BCUT2D eigenvalue weighted by atomic mass is 10.1. The van der Waals surface area contributed by atoms with Crippen LogP contribution < -0.4 is 10.5 Å². The van der Waals surface area contributed by atoms with Gasteiger partial charge in [-0.05, 0) is 26.0 Å². The van der Waals surface area contributed by atoms with Gasteiger partial charge in [0, 0.05) is 11.3 Å². The van der Waals surface area contributed by atoms with Crippen LogP contribution in [0.1, 0.15) is 11.3 Å². The minimum absolute atomic E-state index is 0.512. The maximum atomic E-state index is 5.86. The van der Waals surface area contributed by atoms with Crippen molar-refractivity contribution in [3.8, 4) is 17.1 Å². The number of nitrogen functional groups attached to an aromatic ring is 1. The Kier molecular flexibility index (Phi) is 2.95. The topological polar surface area (TPSA) is 61.0 Å². The van der Waals surface area contributed by atoms with Gasteiger partial charge >= 0.3 is 0 Å². The molecule has 0 amide bonds. The lowest BCUT2D eigenvalue weighted by Crippen LogP contribution is -2.02. The first kappa shape index (κ1) is 11.4. The fraction of sp³-hybridized carbons (Fsp3) is 0.231. The number of benzene rings is 1. The lowest BCUT2D eigenvalue weighted by Gasteiger charge is -2.09. The van der Waals surface area contributed by atoms with Crippen LogP contribution in [0, 0.1) is 13.8 Å². The van der Waals surface area contributed by atoms with Crippen LogP contribution in [0.15, 0.2) is 24.3 Å². The molecule has 0 fully saturated rings. The van der Waals surface area contributed by atoms with E-state index in [0.29, 0.717) is 11.6 Å². The van der Waals surface area contributed by atoms with Crippen molar-refractivity contribution in [2.75, 3.05) is 12.8 Å². The molecule has 2 aromatic rings. The van der Waals surface area contributed by atoms with E-state index in [0.717, 1.165) is 22.6 Å². The van der Waals surface area contributed by atoms with Crippen molar-refractivity contribution < 1.29 is 4.74 Å². The molecule has 2 N–H and O–H groups in total. The lowest BCUT2D eigenvalue weighted by molar-refractivity contribution is 0.416. The summed E-state index contributed by atoms with van der Waals surface area (Å²) >= 11 is 0. The maximum absolute atomic E-state index is 5.86. The largest absolute Gasteiger partial charge is 0.496 e. The highest BCUT2D eigenvalue weighted by molar-refractivity contribution is 5.65. The van der Waals surface area contributed by atoms with Crippen LogP contribution >= 0.6 is 0 Å². The van der Waals surface area contributed by atoms with Crippen molar-refractivity contribution in [1.82, 2.24) is 9.97 Å². The van der Waals surface area contributed by atoms with E-state index in [9.17, 15) is 0 Å². The third-order valence-corrected chi connectivity index (χ3v) is 2.77. The first-order chi connectivity index (χ1) is 8.13. The van der Waals surface area contributed by atoms with Crippen LogP contribution in [0.5, 0.6) is 5.75 Å². The molecule has 1 aromatic heterocycles. The van der Waals surface area contributed by atoms with Gasteiger partial charge in [-0.2, -0.15) is 0 Å². The number of anilines is 1. The Bertz CT molecular complexity index is 529. The van der Waals surface area contributed by atoms with Gasteiger partial charge in [0.15, 0.2) is 5.82 Å².